The van der Waals surface area contributed by atoms with Crippen molar-refractivity contribution in [1.82, 2.24) is 0 Å². The summed E-state index contributed by atoms with van der Waals surface area (Å²) in [5.74, 6) is -0.00588. The van der Waals surface area contributed by atoms with Gasteiger partial charge in [0.15, 0.2) is 6.10 Å². The average molecular weight is 315 g/mol. The lowest BCUT2D eigenvalue weighted by Crippen LogP contribution is -2.50. The number of benzene rings is 2. The zero-order chi connectivity index (χ0) is 16.6. The molecule has 0 aliphatic carbocycles. The first-order valence-corrected chi connectivity index (χ1v) is 7.53. The molecule has 0 aromatic heterocycles. The zero-order valence-electron chi connectivity index (χ0n) is 13.0. The molecular weight excluding hydrogens is 297 g/mol. The summed E-state index contributed by atoms with van der Waals surface area (Å²) in [4.78, 5) is 14.3. The Hall–Kier alpha value is -2.56. The van der Waals surface area contributed by atoms with Gasteiger partial charge in [-0.3, -0.25) is 4.79 Å². The highest BCUT2D eigenvalue weighted by atomic mass is 19.1. The molecule has 120 valence electrons. The van der Waals surface area contributed by atoms with Crippen LogP contribution in [0, 0.1) is 5.82 Å². The monoisotopic (exact) mass is 315 g/mol. The van der Waals surface area contributed by atoms with Crippen molar-refractivity contribution in [2.45, 2.75) is 32.4 Å². The number of ether oxygens (including phenoxy) is 1. The van der Waals surface area contributed by atoms with Crippen molar-refractivity contribution in [3.63, 3.8) is 0 Å². The van der Waals surface area contributed by atoms with Gasteiger partial charge in [0.1, 0.15) is 17.3 Å². The van der Waals surface area contributed by atoms with E-state index in [0.29, 0.717) is 17.0 Å². The minimum Gasteiger partial charge on any atom is -0.508 e. The van der Waals surface area contributed by atoms with Crippen LogP contribution in [0.25, 0.3) is 0 Å². The minimum absolute atomic E-state index is 0.0679. The Morgan fingerprint density at radius 2 is 2.00 bits per heavy atom. The number of halogens is 1. The van der Waals surface area contributed by atoms with Crippen LogP contribution < -0.4 is 9.64 Å². The van der Waals surface area contributed by atoms with Crippen LogP contribution in [-0.4, -0.2) is 23.2 Å². The molecule has 1 aliphatic heterocycles. The molecule has 3 rings (SSSR count). The van der Waals surface area contributed by atoms with E-state index >= 15 is 0 Å². The lowest BCUT2D eigenvalue weighted by molar-refractivity contribution is -0.126. The second-order valence-corrected chi connectivity index (χ2v) is 5.86. The van der Waals surface area contributed by atoms with E-state index in [1.165, 1.54) is 18.2 Å². The van der Waals surface area contributed by atoms with Crippen LogP contribution in [0.5, 0.6) is 11.5 Å². The molecule has 1 heterocycles. The quantitative estimate of drug-likeness (QED) is 0.945. The van der Waals surface area contributed by atoms with Gasteiger partial charge in [-0.15, -0.1) is 0 Å². The lowest BCUT2D eigenvalue weighted by atomic mass is 10.0. The summed E-state index contributed by atoms with van der Waals surface area (Å²) in [6.45, 7) is 3.77. The third kappa shape index (κ3) is 2.86. The fourth-order valence-electron chi connectivity index (χ4n) is 2.80. The summed E-state index contributed by atoms with van der Waals surface area (Å²) < 4.78 is 19.6. The maximum absolute atomic E-state index is 13.9. The summed E-state index contributed by atoms with van der Waals surface area (Å²) in [6.07, 6.45) is -0.624. The minimum atomic E-state index is -0.786. The van der Waals surface area contributed by atoms with Crippen LogP contribution in [0.2, 0.25) is 0 Å². The molecule has 0 bridgehead atoms. The van der Waals surface area contributed by atoms with Gasteiger partial charge in [0.2, 0.25) is 0 Å². The second-order valence-electron chi connectivity index (χ2n) is 5.86. The van der Waals surface area contributed by atoms with Gasteiger partial charge in [0.25, 0.3) is 5.91 Å². The second kappa shape index (κ2) is 5.91. The number of fused-ring (bicyclic) bond motifs is 1. The van der Waals surface area contributed by atoms with E-state index in [1.54, 1.807) is 29.2 Å². The molecule has 4 nitrogen and oxygen atoms in total. The maximum Gasteiger partial charge on any atom is 0.268 e. The number of phenolic OH excluding ortho intramolecular Hbond substituents is 1. The maximum atomic E-state index is 13.9. The highest BCUT2D eigenvalue weighted by Gasteiger charge is 2.36. The van der Waals surface area contributed by atoms with E-state index in [1.807, 2.05) is 13.8 Å². The smallest absolute Gasteiger partial charge is 0.268 e. The summed E-state index contributed by atoms with van der Waals surface area (Å²) >= 11 is 0. The molecule has 0 radical (unpaired) electrons. The van der Waals surface area contributed by atoms with Crippen LogP contribution in [0.15, 0.2) is 42.5 Å². The van der Waals surface area contributed by atoms with Crippen molar-refractivity contribution in [3.05, 3.63) is 53.8 Å². The predicted molar refractivity (Wildman–Crippen MR) is 85.2 cm³/mol. The van der Waals surface area contributed by atoms with E-state index in [-0.39, 0.29) is 29.9 Å². The highest BCUT2D eigenvalue weighted by Crippen LogP contribution is 2.38. The van der Waals surface area contributed by atoms with Gasteiger partial charge in [-0.1, -0.05) is 18.2 Å². The third-order valence-electron chi connectivity index (χ3n) is 3.86. The van der Waals surface area contributed by atoms with Crippen molar-refractivity contribution >= 4 is 11.6 Å². The normalized spacial score (nSPS) is 17.1. The Balaban J connectivity index is 1.97. The number of rotatable bonds is 3. The number of carbonyl (C=O) groups excluding carboxylic acids is 1. The number of amides is 1. The van der Waals surface area contributed by atoms with E-state index in [0.717, 1.165) is 0 Å². The SMILES string of the molecule is CC(C)N1C(=O)C(Cc2ccccc2F)Oc2ccc(O)cc21. The van der Waals surface area contributed by atoms with Gasteiger partial charge in [-0.25, -0.2) is 4.39 Å². The molecule has 5 heteroatoms. The van der Waals surface area contributed by atoms with Crippen molar-refractivity contribution in [2.75, 3.05) is 4.90 Å². The Kier molecular flexibility index (Phi) is 3.94. The van der Waals surface area contributed by atoms with Gasteiger partial charge in [0, 0.05) is 18.5 Å². The van der Waals surface area contributed by atoms with Crippen LogP contribution >= 0.6 is 0 Å². The molecule has 2 aromatic carbocycles. The zero-order valence-corrected chi connectivity index (χ0v) is 13.0. The molecule has 1 amide bonds. The summed E-state index contributed by atoms with van der Waals surface area (Å²) in [7, 11) is 0. The summed E-state index contributed by atoms with van der Waals surface area (Å²) in [5.41, 5.74) is 0.978. The molecule has 0 saturated heterocycles. The van der Waals surface area contributed by atoms with Crippen LogP contribution in [0.3, 0.4) is 0 Å². The van der Waals surface area contributed by atoms with E-state index in [4.69, 9.17) is 4.74 Å². The van der Waals surface area contributed by atoms with Crippen LogP contribution in [0.1, 0.15) is 19.4 Å². The number of hydrogen-bond donors (Lipinski definition) is 1. The number of anilines is 1. The first kappa shape index (κ1) is 15.3. The van der Waals surface area contributed by atoms with E-state index in [2.05, 4.69) is 0 Å². The summed E-state index contributed by atoms with van der Waals surface area (Å²) in [6, 6.07) is 10.9. The Bertz CT molecular complexity index is 745. The molecule has 2 aromatic rings. The topological polar surface area (TPSA) is 49.8 Å². The Labute approximate surface area is 134 Å². The van der Waals surface area contributed by atoms with Crippen LogP contribution in [0.4, 0.5) is 10.1 Å². The van der Waals surface area contributed by atoms with E-state index in [9.17, 15) is 14.3 Å². The molecule has 1 aliphatic rings. The number of phenols is 1. The largest absolute Gasteiger partial charge is 0.508 e. The molecule has 1 unspecified atom stereocenters. The molecule has 0 fully saturated rings. The number of aromatic hydroxyl groups is 1. The lowest BCUT2D eigenvalue weighted by Gasteiger charge is -2.37. The predicted octanol–water partition coefficient (Wildman–Crippen LogP) is 3.28. The fourth-order valence-corrected chi connectivity index (χ4v) is 2.80. The van der Waals surface area contributed by atoms with Gasteiger partial charge in [0.05, 0.1) is 5.69 Å². The average Bonchev–Trinajstić information content (AvgIpc) is 2.50. The van der Waals surface area contributed by atoms with Gasteiger partial charge in [-0.05, 0) is 37.6 Å². The van der Waals surface area contributed by atoms with Gasteiger partial charge < -0.3 is 14.7 Å². The van der Waals surface area contributed by atoms with Crippen molar-refractivity contribution in [1.29, 1.82) is 0 Å². The standard InChI is InChI=1S/C18H18FNO3/c1-11(2)20-15-10-13(21)7-8-16(15)23-17(18(20)22)9-12-5-3-4-6-14(12)19/h3-8,10-11,17,21H,9H2,1-2H3. The summed E-state index contributed by atoms with van der Waals surface area (Å²) in [5, 5.41) is 9.67. The van der Waals surface area contributed by atoms with E-state index < -0.39 is 6.10 Å². The molecule has 0 saturated carbocycles. The van der Waals surface area contributed by atoms with Crippen molar-refractivity contribution in [2.24, 2.45) is 0 Å². The van der Waals surface area contributed by atoms with Gasteiger partial charge in [-0.2, -0.15) is 0 Å². The highest BCUT2D eigenvalue weighted by molar-refractivity contribution is 6.00. The Morgan fingerprint density at radius 3 is 2.70 bits per heavy atom. The van der Waals surface area contributed by atoms with Crippen molar-refractivity contribution in [3.8, 4) is 11.5 Å². The van der Waals surface area contributed by atoms with Gasteiger partial charge >= 0.3 is 0 Å². The third-order valence-corrected chi connectivity index (χ3v) is 3.86. The molecule has 23 heavy (non-hydrogen) atoms. The first-order valence-electron chi connectivity index (χ1n) is 7.53. The number of nitrogens with zero attached hydrogens (tertiary/aromatic N) is 1. The molecule has 0 spiro atoms. The Morgan fingerprint density at radius 1 is 1.26 bits per heavy atom. The van der Waals surface area contributed by atoms with Crippen molar-refractivity contribution < 1.29 is 19.0 Å². The number of hydrogen-bond acceptors (Lipinski definition) is 3. The molecular formula is C18H18FNO3. The number of carbonyl (C=O) groups is 1. The molecule has 1 N–H and O–H groups in total. The molecule has 1 atom stereocenters. The fraction of sp³-hybridized carbons (Fsp3) is 0.278. The first-order chi connectivity index (χ1) is 11.0. The van der Waals surface area contributed by atoms with Crippen LogP contribution in [-0.2, 0) is 11.2 Å².